The molecule has 0 aliphatic heterocycles. The summed E-state index contributed by atoms with van der Waals surface area (Å²) in [5.41, 5.74) is 1.75. The summed E-state index contributed by atoms with van der Waals surface area (Å²) in [4.78, 5) is 22.7. The molecule has 0 radical (unpaired) electrons. The maximum atomic E-state index is 11.9. The van der Waals surface area contributed by atoms with Crippen LogP contribution in [0.3, 0.4) is 0 Å². The van der Waals surface area contributed by atoms with E-state index in [2.05, 4.69) is 26.6 Å². The molecule has 1 aromatic rings. The fourth-order valence-electron chi connectivity index (χ4n) is 2.50. The second-order valence-electron chi connectivity index (χ2n) is 5.16. The molecule has 1 aliphatic carbocycles. The Balaban J connectivity index is 1.88. The Morgan fingerprint density at radius 3 is 2.65 bits per heavy atom. The Hall–Kier alpha value is -1.56. The smallest absolute Gasteiger partial charge is 0.319 e. The van der Waals surface area contributed by atoms with Gasteiger partial charge in [0.15, 0.2) is 0 Å². The molecule has 2 rings (SSSR count). The van der Waals surface area contributed by atoms with E-state index in [1.165, 1.54) is 0 Å². The molecule has 2 amide bonds. The number of aliphatic carboxylic acids is 1. The number of rotatable bonds is 3. The number of nitrogens with one attached hydrogen (secondary N) is 2. The van der Waals surface area contributed by atoms with Crippen LogP contribution < -0.4 is 10.6 Å². The Morgan fingerprint density at radius 2 is 2.05 bits per heavy atom. The van der Waals surface area contributed by atoms with E-state index in [0.717, 1.165) is 10.0 Å². The Labute approximate surface area is 125 Å². The van der Waals surface area contributed by atoms with Crippen molar-refractivity contribution in [1.29, 1.82) is 0 Å². The third-order valence-corrected chi connectivity index (χ3v) is 3.87. The first-order chi connectivity index (χ1) is 9.44. The van der Waals surface area contributed by atoms with Crippen molar-refractivity contribution in [3.05, 3.63) is 28.2 Å². The van der Waals surface area contributed by atoms with E-state index in [1.54, 1.807) is 0 Å². The summed E-state index contributed by atoms with van der Waals surface area (Å²) in [6.07, 6.45) is 1.83. The Kier molecular flexibility index (Phi) is 4.65. The van der Waals surface area contributed by atoms with Gasteiger partial charge in [-0.25, -0.2) is 4.79 Å². The number of benzene rings is 1. The molecule has 2 atom stereocenters. The van der Waals surface area contributed by atoms with Crippen LogP contribution in [0.4, 0.5) is 10.5 Å². The van der Waals surface area contributed by atoms with Crippen molar-refractivity contribution in [2.75, 3.05) is 5.32 Å². The summed E-state index contributed by atoms with van der Waals surface area (Å²) in [5.74, 6) is -1.12. The number of carboxylic acid groups (broad SMARTS) is 1. The minimum Gasteiger partial charge on any atom is -0.481 e. The zero-order valence-corrected chi connectivity index (χ0v) is 12.7. The summed E-state index contributed by atoms with van der Waals surface area (Å²) >= 11 is 3.38. The fraction of sp³-hybridized carbons (Fsp3) is 0.429. The number of urea groups is 1. The molecule has 1 fully saturated rings. The normalized spacial score (nSPS) is 21.5. The highest BCUT2D eigenvalue weighted by atomic mass is 79.9. The van der Waals surface area contributed by atoms with Gasteiger partial charge in [0.1, 0.15) is 0 Å². The van der Waals surface area contributed by atoms with E-state index < -0.39 is 5.97 Å². The van der Waals surface area contributed by atoms with E-state index in [1.807, 2.05) is 25.1 Å². The van der Waals surface area contributed by atoms with Crippen molar-refractivity contribution in [3.8, 4) is 0 Å². The van der Waals surface area contributed by atoms with E-state index in [9.17, 15) is 9.59 Å². The lowest BCUT2D eigenvalue weighted by Crippen LogP contribution is -2.36. The average Bonchev–Trinajstić information content (AvgIpc) is 2.75. The van der Waals surface area contributed by atoms with Crippen molar-refractivity contribution >= 4 is 33.6 Å². The topological polar surface area (TPSA) is 78.4 Å². The molecule has 20 heavy (non-hydrogen) atoms. The lowest BCUT2D eigenvalue weighted by Gasteiger charge is -2.14. The fourth-order valence-corrected chi connectivity index (χ4v) is 3.11. The summed E-state index contributed by atoms with van der Waals surface area (Å²) in [7, 11) is 0. The predicted molar refractivity (Wildman–Crippen MR) is 79.8 cm³/mol. The van der Waals surface area contributed by atoms with Crippen LogP contribution >= 0.6 is 15.9 Å². The minimum absolute atomic E-state index is 0.0654. The maximum Gasteiger partial charge on any atom is 0.319 e. The van der Waals surface area contributed by atoms with E-state index >= 15 is 0 Å². The van der Waals surface area contributed by atoms with Crippen molar-refractivity contribution < 1.29 is 14.7 Å². The van der Waals surface area contributed by atoms with Crippen LogP contribution in [0.2, 0.25) is 0 Å². The first-order valence-electron chi connectivity index (χ1n) is 6.51. The van der Waals surface area contributed by atoms with E-state index in [0.29, 0.717) is 24.9 Å². The molecule has 2 unspecified atom stereocenters. The molecule has 1 aliphatic rings. The number of carbonyl (C=O) groups excluding carboxylic acids is 1. The zero-order valence-electron chi connectivity index (χ0n) is 11.1. The van der Waals surface area contributed by atoms with Gasteiger partial charge in [-0.3, -0.25) is 4.79 Å². The molecule has 5 nitrogen and oxygen atoms in total. The van der Waals surface area contributed by atoms with Gasteiger partial charge in [-0.2, -0.15) is 0 Å². The Bertz CT molecular complexity index is 513. The number of carbonyl (C=O) groups is 2. The SMILES string of the molecule is Cc1cc(Br)cc(NC(=O)NC2CCC(C(=O)O)C2)c1. The third kappa shape index (κ3) is 3.96. The highest BCUT2D eigenvalue weighted by Crippen LogP contribution is 2.26. The minimum atomic E-state index is -0.780. The van der Waals surface area contributed by atoms with Crippen molar-refractivity contribution in [3.63, 3.8) is 0 Å². The average molecular weight is 341 g/mol. The number of halogens is 1. The number of amides is 2. The molecule has 0 saturated heterocycles. The lowest BCUT2D eigenvalue weighted by atomic mass is 10.1. The monoisotopic (exact) mass is 340 g/mol. The molecule has 0 bridgehead atoms. The second-order valence-corrected chi connectivity index (χ2v) is 6.08. The van der Waals surface area contributed by atoms with E-state index in [4.69, 9.17) is 5.11 Å². The van der Waals surface area contributed by atoms with Gasteiger partial charge in [0, 0.05) is 16.2 Å². The molecular formula is C14H17BrN2O3. The van der Waals surface area contributed by atoms with E-state index in [-0.39, 0.29) is 18.0 Å². The number of aryl methyl sites for hydroxylation is 1. The van der Waals surface area contributed by atoms with Gasteiger partial charge in [-0.1, -0.05) is 15.9 Å². The van der Waals surface area contributed by atoms with Crippen molar-refractivity contribution in [1.82, 2.24) is 5.32 Å². The molecule has 0 heterocycles. The molecular weight excluding hydrogens is 324 g/mol. The van der Waals surface area contributed by atoms with Crippen LogP contribution in [0.5, 0.6) is 0 Å². The molecule has 3 N–H and O–H groups in total. The lowest BCUT2D eigenvalue weighted by molar-refractivity contribution is -0.141. The number of hydrogen-bond donors (Lipinski definition) is 3. The van der Waals surface area contributed by atoms with Gasteiger partial charge < -0.3 is 15.7 Å². The summed E-state index contributed by atoms with van der Waals surface area (Å²) in [6.45, 7) is 1.95. The van der Waals surface area contributed by atoms with Crippen LogP contribution in [0.1, 0.15) is 24.8 Å². The standard InChI is InChI=1S/C14H17BrN2O3/c1-8-4-10(15)7-12(5-8)17-14(20)16-11-3-2-9(6-11)13(18)19/h4-5,7,9,11H,2-3,6H2,1H3,(H,18,19)(H2,16,17,20). The van der Waals surface area contributed by atoms with Gasteiger partial charge in [0.25, 0.3) is 0 Å². The maximum absolute atomic E-state index is 11.9. The van der Waals surface area contributed by atoms with Crippen LogP contribution in [-0.2, 0) is 4.79 Å². The number of anilines is 1. The van der Waals surface area contributed by atoms with Gasteiger partial charge in [-0.15, -0.1) is 0 Å². The van der Waals surface area contributed by atoms with Crippen LogP contribution in [-0.4, -0.2) is 23.1 Å². The number of hydrogen-bond acceptors (Lipinski definition) is 2. The highest BCUT2D eigenvalue weighted by molar-refractivity contribution is 9.10. The highest BCUT2D eigenvalue weighted by Gasteiger charge is 2.30. The van der Waals surface area contributed by atoms with Gasteiger partial charge in [-0.05, 0) is 49.9 Å². The molecule has 1 aromatic carbocycles. The predicted octanol–water partition coefficient (Wildman–Crippen LogP) is 3.13. The summed E-state index contributed by atoms with van der Waals surface area (Å²) < 4.78 is 0.902. The van der Waals surface area contributed by atoms with Crippen molar-refractivity contribution in [2.45, 2.75) is 32.2 Å². The second kappa shape index (κ2) is 6.26. The quantitative estimate of drug-likeness (QED) is 0.790. The van der Waals surface area contributed by atoms with Gasteiger partial charge >= 0.3 is 12.0 Å². The van der Waals surface area contributed by atoms with Crippen molar-refractivity contribution in [2.24, 2.45) is 5.92 Å². The first-order valence-corrected chi connectivity index (χ1v) is 7.31. The summed E-state index contributed by atoms with van der Waals surface area (Å²) in [6, 6.07) is 5.29. The van der Waals surface area contributed by atoms with Gasteiger partial charge in [0.05, 0.1) is 5.92 Å². The molecule has 0 spiro atoms. The Morgan fingerprint density at radius 1 is 1.30 bits per heavy atom. The zero-order chi connectivity index (χ0) is 14.7. The van der Waals surface area contributed by atoms with Crippen LogP contribution in [0, 0.1) is 12.8 Å². The molecule has 0 aromatic heterocycles. The third-order valence-electron chi connectivity index (χ3n) is 3.42. The van der Waals surface area contributed by atoms with Gasteiger partial charge in [0.2, 0.25) is 0 Å². The van der Waals surface area contributed by atoms with Crippen LogP contribution in [0.25, 0.3) is 0 Å². The molecule has 1 saturated carbocycles. The number of carboxylic acids is 1. The van der Waals surface area contributed by atoms with Crippen LogP contribution in [0.15, 0.2) is 22.7 Å². The summed E-state index contributed by atoms with van der Waals surface area (Å²) in [5, 5.41) is 14.5. The molecule has 6 heteroatoms. The largest absolute Gasteiger partial charge is 0.481 e. The molecule has 108 valence electrons. The first kappa shape index (κ1) is 14.8.